The Hall–Kier alpha value is -2.52. The van der Waals surface area contributed by atoms with Crippen LogP contribution in [0.4, 0.5) is 5.13 Å². The Bertz CT molecular complexity index is 803. The molecule has 1 aliphatic rings. The highest BCUT2D eigenvalue weighted by molar-refractivity contribution is 7.13. The van der Waals surface area contributed by atoms with Gasteiger partial charge in [-0.05, 0) is 31.8 Å². The third-order valence-electron chi connectivity index (χ3n) is 5.14. The minimum Gasteiger partial charge on any atom is -0.493 e. The van der Waals surface area contributed by atoms with Crippen molar-refractivity contribution in [2.24, 2.45) is 10.7 Å². The van der Waals surface area contributed by atoms with Crippen molar-refractivity contribution < 1.29 is 9.47 Å². The maximum Gasteiger partial charge on any atom is 0.191 e. The largest absolute Gasteiger partial charge is 0.493 e. The van der Waals surface area contributed by atoms with E-state index >= 15 is 0 Å². The van der Waals surface area contributed by atoms with Gasteiger partial charge >= 0.3 is 0 Å². The van der Waals surface area contributed by atoms with E-state index in [1.807, 2.05) is 43.9 Å². The fraction of sp³-hybridized carbons (Fsp3) is 0.500. The second-order valence-corrected chi connectivity index (χ2v) is 7.95. The van der Waals surface area contributed by atoms with E-state index in [-0.39, 0.29) is 6.04 Å². The van der Waals surface area contributed by atoms with Crippen LogP contribution in [-0.2, 0) is 0 Å². The third kappa shape index (κ3) is 5.10. The first-order valence-electron chi connectivity index (χ1n) is 9.61. The predicted molar refractivity (Wildman–Crippen MR) is 118 cm³/mol. The summed E-state index contributed by atoms with van der Waals surface area (Å²) in [6.45, 7) is 4.06. The van der Waals surface area contributed by atoms with E-state index in [1.54, 1.807) is 25.6 Å². The fourth-order valence-corrected chi connectivity index (χ4v) is 4.10. The van der Waals surface area contributed by atoms with Crippen LogP contribution in [0.3, 0.4) is 0 Å². The van der Waals surface area contributed by atoms with Crippen molar-refractivity contribution in [1.29, 1.82) is 0 Å². The summed E-state index contributed by atoms with van der Waals surface area (Å²) in [7, 11) is 7.37. The minimum atomic E-state index is 0.0879. The van der Waals surface area contributed by atoms with Crippen LogP contribution < -0.4 is 20.1 Å². The van der Waals surface area contributed by atoms with Crippen molar-refractivity contribution in [1.82, 2.24) is 14.8 Å². The quantitative estimate of drug-likeness (QED) is 0.543. The maximum atomic E-state index is 6.32. The second kappa shape index (κ2) is 9.80. The van der Waals surface area contributed by atoms with Gasteiger partial charge in [0.25, 0.3) is 0 Å². The first-order valence-corrected chi connectivity index (χ1v) is 10.5. The summed E-state index contributed by atoms with van der Waals surface area (Å²) < 4.78 is 10.8. The zero-order valence-electron chi connectivity index (χ0n) is 17.5. The maximum absolute atomic E-state index is 6.32. The molecule has 8 nitrogen and oxygen atoms in total. The van der Waals surface area contributed by atoms with Gasteiger partial charge in [-0.1, -0.05) is 6.07 Å². The zero-order chi connectivity index (χ0) is 20.8. The molecule has 1 unspecified atom stereocenters. The number of aliphatic imine (C=N–C) groups is 1. The SMILES string of the molecule is COc1ccc(C(CN=C(N)N2CCN(c3nccs3)CC2)N(C)C)cc1OC. The summed E-state index contributed by atoms with van der Waals surface area (Å²) in [5, 5.41) is 3.08. The number of nitrogens with zero attached hydrogens (tertiary/aromatic N) is 5. The summed E-state index contributed by atoms with van der Waals surface area (Å²) in [5.41, 5.74) is 7.43. The second-order valence-electron chi connectivity index (χ2n) is 7.08. The minimum absolute atomic E-state index is 0.0879. The van der Waals surface area contributed by atoms with Gasteiger partial charge in [0.2, 0.25) is 0 Å². The normalized spacial score (nSPS) is 16.2. The molecule has 2 heterocycles. The van der Waals surface area contributed by atoms with Gasteiger partial charge in [-0.25, -0.2) is 4.98 Å². The molecule has 1 fully saturated rings. The Kier molecular flexibility index (Phi) is 7.16. The van der Waals surface area contributed by atoms with Crippen LogP contribution in [0.15, 0.2) is 34.8 Å². The molecule has 2 N–H and O–H groups in total. The topological polar surface area (TPSA) is 79.5 Å². The Labute approximate surface area is 176 Å². The highest BCUT2D eigenvalue weighted by Gasteiger charge is 2.21. The summed E-state index contributed by atoms with van der Waals surface area (Å²) in [6, 6.07) is 6.06. The van der Waals surface area contributed by atoms with Crippen molar-refractivity contribution in [3.63, 3.8) is 0 Å². The number of benzene rings is 1. The van der Waals surface area contributed by atoms with Crippen LogP contribution in [0.5, 0.6) is 11.5 Å². The van der Waals surface area contributed by atoms with Gasteiger partial charge in [-0.2, -0.15) is 0 Å². The number of aromatic nitrogens is 1. The molecular weight excluding hydrogens is 388 g/mol. The fourth-order valence-electron chi connectivity index (χ4n) is 3.41. The van der Waals surface area contributed by atoms with Gasteiger partial charge in [0.05, 0.1) is 26.8 Å². The van der Waals surface area contributed by atoms with E-state index in [4.69, 9.17) is 20.2 Å². The molecule has 1 aromatic carbocycles. The van der Waals surface area contributed by atoms with Gasteiger partial charge in [-0.15, -0.1) is 11.3 Å². The summed E-state index contributed by atoms with van der Waals surface area (Å²) in [4.78, 5) is 15.7. The zero-order valence-corrected chi connectivity index (χ0v) is 18.4. The van der Waals surface area contributed by atoms with E-state index in [1.165, 1.54) is 0 Å². The van der Waals surface area contributed by atoms with E-state index in [2.05, 4.69) is 19.7 Å². The molecule has 0 bridgehead atoms. The number of hydrogen-bond acceptors (Lipinski definition) is 7. The van der Waals surface area contributed by atoms with Gasteiger partial charge < -0.3 is 29.9 Å². The number of thiazole rings is 1. The number of guanidine groups is 1. The molecule has 3 rings (SSSR count). The molecule has 1 saturated heterocycles. The van der Waals surface area contributed by atoms with Crippen molar-refractivity contribution >= 4 is 22.4 Å². The number of likely N-dealkylation sites (N-methyl/N-ethyl adjacent to an activating group) is 1. The van der Waals surface area contributed by atoms with Crippen molar-refractivity contribution in [2.75, 3.05) is 65.9 Å². The lowest BCUT2D eigenvalue weighted by atomic mass is 10.1. The van der Waals surface area contributed by atoms with Crippen LogP contribution in [0.1, 0.15) is 11.6 Å². The first kappa shape index (κ1) is 21.2. The highest BCUT2D eigenvalue weighted by Crippen LogP contribution is 2.31. The van der Waals surface area contributed by atoms with E-state index < -0.39 is 0 Å². The molecule has 0 spiro atoms. The van der Waals surface area contributed by atoms with Crippen molar-refractivity contribution in [3.05, 3.63) is 35.3 Å². The molecule has 0 saturated carbocycles. The number of hydrogen-bond donors (Lipinski definition) is 1. The van der Waals surface area contributed by atoms with Crippen molar-refractivity contribution in [3.8, 4) is 11.5 Å². The molecule has 1 aliphatic heterocycles. The molecule has 29 heavy (non-hydrogen) atoms. The first-order chi connectivity index (χ1) is 14.0. The molecule has 0 amide bonds. The summed E-state index contributed by atoms with van der Waals surface area (Å²) in [6.07, 6.45) is 1.84. The number of anilines is 1. The van der Waals surface area contributed by atoms with Crippen LogP contribution in [0.25, 0.3) is 0 Å². The number of ether oxygens (including phenoxy) is 2. The van der Waals surface area contributed by atoms with Crippen LogP contribution >= 0.6 is 11.3 Å². The monoisotopic (exact) mass is 418 g/mol. The average Bonchev–Trinajstić information content (AvgIpc) is 3.28. The van der Waals surface area contributed by atoms with Crippen molar-refractivity contribution in [2.45, 2.75) is 6.04 Å². The lowest BCUT2D eigenvalue weighted by molar-refractivity contribution is 0.301. The number of rotatable bonds is 7. The number of methoxy groups -OCH3 is 2. The average molecular weight is 419 g/mol. The Balaban J connectivity index is 1.64. The van der Waals surface area contributed by atoms with E-state index in [9.17, 15) is 0 Å². The van der Waals surface area contributed by atoms with Gasteiger partial charge in [0.15, 0.2) is 22.6 Å². The van der Waals surface area contributed by atoms with Gasteiger partial charge in [0, 0.05) is 37.8 Å². The van der Waals surface area contributed by atoms with Gasteiger partial charge in [-0.3, -0.25) is 4.99 Å². The van der Waals surface area contributed by atoms with Gasteiger partial charge in [0.1, 0.15) is 0 Å². The van der Waals surface area contributed by atoms with Crippen LogP contribution in [0.2, 0.25) is 0 Å². The Morgan fingerprint density at radius 3 is 2.52 bits per heavy atom. The molecule has 1 aromatic heterocycles. The molecule has 2 aromatic rings. The molecule has 0 aliphatic carbocycles. The number of nitrogens with two attached hydrogens (primary N) is 1. The molecule has 158 valence electrons. The summed E-state index contributed by atoms with van der Waals surface area (Å²) in [5.74, 6) is 2.03. The van der Waals surface area contributed by atoms with Crippen LogP contribution in [-0.4, -0.2) is 81.8 Å². The standard InChI is InChI=1S/C20H30N6O2S/c1-24(2)16(15-5-6-17(27-3)18(13-15)28-4)14-23-19(21)25-8-10-26(11-9-25)20-22-7-12-29-20/h5-7,12-13,16H,8-11,14H2,1-4H3,(H2,21,23). The van der Waals surface area contributed by atoms with E-state index in [0.717, 1.165) is 42.6 Å². The highest BCUT2D eigenvalue weighted by atomic mass is 32.1. The molecular formula is C20H30N6O2S. The molecule has 1 atom stereocenters. The molecule has 0 radical (unpaired) electrons. The lowest BCUT2D eigenvalue weighted by Gasteiger charge is -2.35. The smallest absolute Gasteiger partial charge is 0.191 e. The third-order valence-corrected chi connectivity index (χ3v) is 5.97. The lowest BCUT2D eigenvalue weighted by Crippen LogP contribution is -2.51. The van der Waals surface area contributed by atoms with E-state index in [0.29, 0.717) is 18.3 Å². The Morgan fingerprint density at radius 1 is 1.21 bits per heavy atom. The summed E-state index contributed by atoms with van der Waals surface area (Å²) >= 11 is 1.67. The Morgan fingerprint density at radius 2 is 1.93 bits per heavy atom. The van der Waals surface area contributed by atoms with Crippen LogP contribution in [0, 0.1) is 0 Å². The number of piperazine rings is 1. The molecule has 9 heteroatoms. The predicted octanol–water partition coefficient (Wildman–Crippen LogP) is 1.90.